The lowest BCUT2D eigenvalue weighted by Gasteiger charge is -2.44. The van der Waals surface area contributed by atoms with E-state index in [0.29, 0.717) is 39.0 Å². The van der Waals surface area contributed by atoms with E-state index in [1.807, 2.05) is 22.7 Å². The van der Waals surface area contributed by atoms with Crippen LogP contribution in [-0.2, 0) is 32.5 Å². The Balaban J connectivity index is 1.28. The zero-order valence-electron chi connectivity index (χ0n) is 17.5. The van der Waals surface area contributed by atoms with Gasteiger partial charge >= 0.3 is 0 Å². The molecular weight excluding hydrogens is 388 g/mol. The zero-order valence-corrected chi connectivity index (χ0v) is 17.5. The minimum atomic E-state index is -0.670. The largest absolute Gasteiger partial charge is 0.389 e. The Morgan fingerprint density at radius 3 is 2.83 bits per heavy atom. The number of aryl methyl sites for hydroxylation is 1. The number of aliphatic hydroxyl groups excluding tert-OH is 1. The van der Waals surface area contributed by atoms with Gasteiger partial charge in [-0.1, -0.05) is 0 Å². The number of β-amino-alcohol motifs (C(OH)–C–C–N with tert-alkyl or cyclic N) is 1. The fraction of sp³-hybridized carbons (Fsp3) is 0.762. The maximum Gasteiger partial charge on any atom is 0.226 e. The number of aliphatic hydroxyl groups is 1. The number of imidazole rings is 1. The van der Waals surface area contributed by atoms with Gasteiger partial charge in [-0.3, -0.25) is 9.59 Å². The molecule has 2 saturated heterocycles. The first-order valence-electron chi connectivity index (χ1n) is 10.9. The van der Waals surface area contributed by atoms with E-state index in [9.17, 15) is 14.7 Å². The van der Waals surface area contributed by atoms with Crippen molar-refractivity contribution in [3.05, 3.63) is 18.2 Å². The number of hydrogen-bond donors (Lipinski definition) is 2. The molecule has 2 amide bonds. The molecule has 3 heterocycles. The Hall–Kier alpha value is -1.97. The molecule has 166 valence electrons. The van der Waals surface area contributed by atoms with Crippen molar-refractivity contribution < 1.29 is 24.2 Å². The van der Waals surface area contributed by atoms with Crippen LogP contribution >= 0.6 is 0 Å². The molecule has 1 saturated carbocycles. The molecule has 9 heteroatoms. The minimum Gasteiger partial charge on any atom is -0.389 e. The fourth-order valence-electron chi connectivity index (χ4n) is 4.36. The summed E-state index contributed by atoms with van der Waals surface area (Å²) in [4.78, 5) is 31.2. The number of rotatable bonds is 6. The highest BCUT2D eigenvalue weighted by Gasteiger charge is 2.43. The molecule has 0 unspecified atom stereocenters. The molecule has 4 rings (SSSR count). The third-order valence-corrected chi connectivity index (χ3v) is 6.07. The zero-order chi connectivity index (χ0) is 21.1. The van der Waals surface area contributed by atoms with Crippen molar-refractivity contribution in [3.8, 4) is 0 Å². The van der Waals surface area contributed by atoms with Crippen LogP contribution in [0.25, 0.3) is 0 Å². The molecule has 9 nitrogen and oxygen atoms in total. The molecule has 3 fully saturated rings. The Labute approximate surface area is 176 Å². The van der Waals surface area contributed by atoms with Crippen molar-refractivity contribution in [2.24, 2.45) is 13.0 Å². The normalized spacial score (nSPS) is 29.6. The molecule has 2 aliphatic heterocycles. The monoisotopic (exact) mass is 420 g/mol. The Bertz CT molecular complexity index is 750. The fourth-order valence-corrected chi connectivity index (χ4v) is 4.36. The third-order valence-electron chi connectivity index (χ3n) is 6.07. The second-order valence-electron chi connectivity index (χ2n) is 8.73. The maximum absolute atomic E-state index is 12.8. The summed E-state index contributed by atoms with van der Waals surface area (Å²) >= 11 is 0. The molecule has 1 aliphatic carbocycles. The number of fused-ring (bicyclic) bond motifs is 1. The van der Waals surface area contributed by atoms with Gasteiger partial charge < -0.3 is 29.4 Å². The van der Waals surface area contributed by atoms with Crippen LogP contribution in [0.5, 0.6) is 0 Å². The van der Waals surface area contributed by atoms with Crippen LogP contribution in [0.3, 0.4) is 0 Å². The summed E-state index contributed by atoms with van der Waals surface area (Å²) in [6.07, 6.45) is 6.88. The summed E-state index contributed by atoms with van der Waals surface area (Å²) < 4.78 is 13.7. The summed E-state index contributed by atoms with van der Waals surface area (Å²) in [5.41, 5.74) is 0.948. The first kappa shape index (κ1) is 21.3. The predicted molar refractivity (Wildman–Crippen MR) is 107 cm³/mol. The first-order chi connectivity index (χ1) is 14.5. The van der Waals surface area contributed by atoms with Crippen LogP contribution < -0.4 is 5.32 Å². The smallest absolute Gasteiger partial charge is 0.226 e. The third kappa shape index (κ3) is 5.39. The molecule has 1 aromatic heterocycles. The molecule has 0 aromatic carbocycles. The summed E-state index contributed by atoms with van der Waals surface area (Å²) in [7, 11) is 1.92. The van der Waals surface area contributed by atoms with Crippen LogP contribution in [-0.4, -0.2) is 82.0 Å². The van der Waals surface area contributed by atoms with Crippen molar-refractivity contribution in [2.75, 3.05) is 26.3 Å². The van der Waals surface area contributed by atoms with Crippen LogP contribution in [0.2, 0.25) is 0 Å². The summed E-state index contributed by atoms with van der Waals surface area (Å²) in [5.74, 6) is 0.184. The molecule has 3 aliphatic rings. The highest BCUT2D eigenvalue weighted by molar-refractivity contribution is 5.81. The van der Waals surface area contributed by atoms with Crippen molar-refractivity contribution >= 4 is 11.8 Å². The maximum atomic E-state index is 12.8. The Morgan fingerprint density at radius 2 is 2.10 bits per heavy atom. The lowest BCUT2D eigenvalue weighted by atomic mass is 9.94. The molecule has 0 spiro atoms. The molecule has 30 heavy (non-hydrogen) atoms. The van der Waals surface area contributed by atoms with Crippen molar-refractivity contribution in [2.45, 2.75) is 62.9 Å². The summed E-state index contributed by atoms with van der Waals surface area (Å²) in [5, 5.41) is 13.1. The Morgan fingerprint density at radius 1 is 1.27 bits per heavy atom. The van der Waals surface area contributed by atoms with E-state index < -0.39 is 6.10 Å². The second-order valence-corrected chi connectivity index (χ2v) is 8.73. The van der Waals surface area contributed by atoms with Gasteiger partial charge in [-0.2, -0.15) is 0 Å². The number of nitrogens with zero attached hydrogens (tertiary/aromatic N) is 3. The van der Waals surface area contributed by atoms with Crippen LogP contribution in [0, 0.1) is 5.92 Å². The van der Waals surface area contributed by atoms with Gasteiger partial charge in [-0.25, -0.2) is 4.98 Å². The van der Waals surface area contributed by atoms with Gasteiger partial charge in [0.2, 0.25) is 11.8 Å². The van der Waals surface area contributed by atoms with Gasteiger partial charge in [-0.15, -0.1) is 0 Å². The SMILES string of the molecule is Cn1cnc(CCNC(=O)C[C@@H]2CC[C@@H]3[C@H](COC[C@H](O)CN3C(=O)C3CC3)O2)c1. The predicted octanol–water partition coefficient (Wildman–Crippen LogP) is 0.0148. The van der Waals surface area contributed by atoms with Crippen molar-refractivity contribution in [1.29, 1.82) is 0 Å². The lowest BCUT2D eigenvalue weighted by Crippen LogP contribution is -2.58. The average Bonchev–Trinajstić information content (AvgIpc) is 3.47. The minimum absolute atomic E-state index is 0.0394. The number of carbonyl (C=O) groups excluding carboxylic acids is 2. The first-order valence-corrected chi connectivity index (χ1v) is 10.9. The number of carbonyl (C=O) groups is 2. The van der Waals surface area contributed by atoms with Gasteiger partial charge in [-0.05, 0) is 25.7 Å². The quantitative estimate of drug-likeness (QED) is 0.672. The average molecular weight is 421 g/mol. The molecule has 0 bridgehead atoms. The lowest BCUT2D eigenvalue weighted by molar-refractivity contribution is -0.170. The van der Waals surface area contributed by atoms with Gasteiger partial charge in [0.15, 0.2) is 0 Å². The van der Waals surface area contributed by atoms with Gasteiger partial charge in [0, 0.05) is 38.7 Å². The summed E-state index contributed by atoms with van der Waals surface area (Å²) in [6.45, 7) is 1.35. The van der Waals surface area contributed by atoms with Crippen molar-refractivity contribution in [1.82, 2.24) is 19.8 Å². The number of amides is 2. The van der Waals surface area contributed by atoms with E-state index in [-0.39, 0.29) is 42.6 Å². The van der Waals surface area contributed by atoms with Crippen LogP contribution in [0.4, 0.5) is 0 Å². The van der Waals surface area contributed by atoms with Gasteiger partial charge in [0.05, 0.1) is 49.9 Å². The highest BCUT2D eigenvalue weighted by Crippen LogP contribution is 2.35. The standard InChI is InChI=1S/C21H32N4O5/c1-24-9-15(23-13-24)6-7-22-20(27)8-17-4-5-18-19(30-17)12-29-11-16(26)10-25(18)21(28)14-2-3-14/h9,13-14,16-19,26H,2-8,10-12H2,1H3,(H,22,27)/t16-,17+,18-,19+/m1/s1. The van der Waals surface area contributed by atoms with E-state index in [4.69, 9.17) is 9.47 Å². The topological polar surface area (TPSA) is 106 Å². The molecule has 2 N–H and O–H groups in total. The molecule has 0 radical (unpaired) electrons. The second kappa shape index (κ2) is 9.45. The van der Waals surface area contributed by atoms with Crippen LogP contribution in [0.15, 0.2) is 12.5 Å². The van der Waals surface area contributed by atoms with E-state index >= 15 is 0 Å². The number of hydrogen-bond acceptors (Lipinski definition) is 6. The van der Waals surface area contributed by atoms with E-state index in [1.54, 1.807) is 6.33 Å². The summed E-state index contributed by atoms with van der Waals surface area (Å²) in [6, 6.07) is -0.100. The van der Waals surface area contributed by atoms with E-state index in [1.165, 1.54) is 0 Å². The number of nitrogens with one attached hydrogen (secondary N) is 1. The number of aromatic nitrogens is 2. The Kier molecular flexibility index (Phi) is 6.70. The van der Waals surface area contributed by atoms with Gasteiger partial charge in [0.25, 0.3) is 0 Å². The van der Waals surface area contributed by atoms with Crippen LogP contribution in [0.1, 0.15) is 37.8 Å². The highest BCUT2D eigenvalue weighted by atomic mass is 16.5. The molecule has 4 atom stereocenters. The van der Waals surface area contributed by atoms with Gasteiger partial charge in [0.1, 0.15) is 6.10 Å². The van der Waals surface area contributed by atoms with Crippen molar-refractivity contribution in [3.63, 3.8) is 0 Å². The van der Waals surface area contributed by atoms with E-state index in [0.717, 1.165) is 25.0 Å². The molecular formula is C21H32N4O5. The van der Waals surface area contributed by atoms with E-state index in [2.05, 4.69) is 10.3 Å². The molecule has 1 aromatic rings. The number of ether oxygens (including phenoxy) is 2.